The largest absolute Gasteiger partial charge is 0.461 e. The molecule has 10 heteroatoms. The van der Waals surface area contributed by atoms with E-state index < -0.39 is 10.0 Å². The van der Waals surface area contributed by atoms with E-state index in [1.807, 2.05) is 41.7 Å². The number of anilines is 1. The van der Waals surface area contributed by atoms with Crippen molar-refractivity contribution in [3.05, 3.63) is 42.7 Å². The van der Waals surface area contributed by atoms with Gasteiger partial charge in [-0.25, -0.2) is 17.8 Å². The molecule has 4 heterocycles. The van der Waals surface area contributed by atoms with Gasteiger partial charge in [-0.2, -0.15) is 4.31 Å². The summed E-state index contributed by atoms with van der Waals surface area (Å²) in [6, 6.07) is 11.3. The van der Waals surface area contributed by atoms with Gasteiger partial charge < -0.3 is 9.32 Å². The Balaban J connectivity index is 1.66. The van der Waals surface area contributed by atoms with Crippen LogP contribution in [0, 0.1) is 0 Å². The molecule has 1 aromatic carbocycles. The third-order valence-corrected chi connectivity index (χ3v) is 7.53. The number of furan rings is 1. The standard InChI is InChI=1S/C20H22N6O3S/c1-3-30(27,28)25-11-10-24(13-14(25)2)20-21-16-8-5-4-7-15(16)18-22-23-19(26(18)20)17-9-6-12-29-17/h4-9,12,14H,3,10-11,13H2,1-2H3. The lowest BCUT2D eigenvalue weighted by Crippen LogP contribution is -2.54. The van der Waals surface area contributed by atoms with Gasteiger partial charge in [-0.15, -0.1) is 10.2 Å². The molecule has 0 spiro atoms. The summed E-state index contributed by atoms with van der Waals surface area (Å²) in [5.74, 6) is 1.95. The number of benzene rings is 1. The third kappa shape index (κ3) is 2.94. The summed E-state index contributed by atoms with van der Waals surface area (Å²) in [4.78, 5) is 7.01. The van der Waals surface area contributed by atoms with Crippen molar-refractivity contribution >= 4 is 32.5 Å². The molecule has 0 aliphatic carbocycles. The molecule has 30 heavy (non-hydrogen) atoms. The van der Waals surface area contributed by atoms with Gasteiger partial charge in [0.05, 0.1) is 17.5 Å². The monoisotopic (exact) mass is 426 g/mol. The number of hydrogen-bond acceptors (Lipinski definition) is 7. The molecule has 0 saturated carbocycles. The smallest absolute Gasteiger partial charge is 0.214 e. The lowest BCUT2D eigenvalue weighted by atomic mass is 10.2. The van der Waals surface area contributed by atoms with Gasteiger partial charge in [0.2, 0.25) is 21.8 Å². The lowest BCUT2D eigenvalue weighted by molar-refractivity contribution is 0.305. The zero-order valence-electron chi connectivity index (χ0n) is 16.8. The second-order valence-electron chi connectivity index (χ2n) is 7.40. The number of fused-ring (bicyclic) bond motifs is 3. The Hall–Kier alpha value is -2.98. The molecule has 9 nitrogen and oxygen atoms in total. The average molecular weight is 427 g/mol. The number of para-hydroxylation sites is 1. The van der Waals surface area contributed by atoms with E-state index in [2.05, 4.69) is 15.1 Å². The number of nitrogens with zero attached hydrogens (tertiary/aromatic N) is 6. The molecular weight excluding hydrogens is 404 g/mol. The molecule has 4 aromatic rings. The highest BCUT2D eigenvalue weighted by Crippen LogP contribution is 2.30. The first-order valence-electron chi connectivity index (χ1n) is 9.92. The first-order valence-corrected chi connectivity index (χ1v) is 11.5. The zero-order valence-corrected chi connectivity index (χ0v) is 17.6. The molecule has 0 bridgehead atoms. The summed E-state index contributed by atoms with van der Waals surface area (Å²) in [7, 11) is -3.25. The fourth-order valence-electron chi connectivity index (χ4n) is 4.05. The maximum absolute atomic E-state index is 12.4. The van der Waals surface area contributed by atoms with Gasteiger partial charge >= 0.3 is 0 Å². The summed E-state index contributed by atoms with van der Waals surface area (Å²) < 4.78 is 33.9. The molecule has 0 N–H and O–H groups in total. The van der Waals surface area contributed by atoms with Crippen LogP contribution >= 0.6 is 0 Å². The predicted molar refractivity (Wildman–Crippen MR) is 114 cm³/mol. The van der Waals surface area contributed by atoms with E-state index in [-0.39, 0.29) is 11.8 Å². The Morgan fingerprint density at radius 3 is 2.70 bits per heavy atom. The molecule has 156 valence electrons. The van der Waals surface area contributed by atoms with Crippen LogP contribution < -0.4 is 4.90 Å². The van der Waals surface area contributed by atoms with Crippen molar-refractivity contribution in [2.75, 3.05) is 30.3 Å². The average Bonchev–Trinajstić information content (AvgIpc) is 3.42. The Bertz CT molecular complexity index is 1320. The Morgan fingerprint density at radius 1 is 1.13 bits per heavy atom. The minimum Gasteiger partial charge on any atom is -0.461 e. The molecule has 5 rings (SSSR count). The van der Waals surface area contributed by atoms with Gasteiger partial charge in [0.15, 0.2) is 11.4 Å². The number of hydrogen-bond donors (Lipinski definition) is 0. The Labute approximate surface area is 174 Å². The molecule has 0 radical (unpaired) electrons. The van der Waals surface area contributed by atoms with E-state index in [0.717, 1.165) is 10.9 Å². The molecule has 1 aliphatic heterocycles. The SMILES string of the molecule is CCS(=O)(=O)N1CCN(c2nc3ccccc3c3nnc(-c4ccco4)n23)CC1C. The van der Waals surface area contributed by atoms with Crippen molar-refractivity contribution < 1.29 is 12.8 Å². The number of aromatic nitrogens is 4. The summed E-state index contributed by atoms with van der Waals surface area (Å²) in [5.41, 5.74) is 1.51. The van der Waals surface area contributed by atoms with Crippen molar-refractivity contribution in [3.63, 3.8) is 0 Å². The van der Waals surface area contributed by atoms with E-state index in [4.69, 9.17) is 9.40 Å². The summed E-state index contributed by atoms with van der Waals surface area (Å²) in [6.45, 7) is 5.06. The van der Waals surface area contributed by atoms with Gasteiger partial charge in [-0.05, 0) is 38.1 Å². The summed E-state index contributed by atoms with van der Waals surface area (Å²) in [6.07, 6.45) is 1.60. The molecule has 1 fully saturated rings. The second kappa shape index (κ2) is 7.06. The molecule has 1 unspecified atom stereocenters. The first-order chi connectivity index (χ1) is 14.5. The van der Waals surface area contributed by atoms with Crippen LogP contribution in [0.15, 0.2) is 47.1 Å². The molecule has 1 atom stereocenters. The Morgan fingerprint density at radius 2 is 1.97 bits per heavy atom. The predicted octanol–water partition coefficient (Wildman–Crippen LogP) is 2.40. The van der Waals surface area contributed by atoms with Gasteiger partial charge in [0, 0.05) is 31.1 Å². The molecule has 1 saturated heterocycles. The van der Waals surface area contributed by atoms with Crippen LogP contribution in [0.25, 0.3) is 28.1 Å². The molecular formula is C20H22N6O3S. The third-order valence-electron chi connectivity index (χ3n) is 5.54. The summed E-state index contributed by atoms with van der Waals surface area (Å²) >= 11 is 0. The number of piperazine rings is 1. The molecule has 0 amide bonds. The van der Waals surface area contributed by atoms with Gasteiger partial charge in [0.1, 0.15) is 0 Å². The topological polar surface area (TPSA) is 96.8 Å². The van der Waals surface area contributed by atoms with Crippen molar-refractivity contribution in [2.24, 2.45) is 0 Å². The maximum Gasteiger partial charge on any atom is 0.214 e. The second-order valence-corrected chi connectivity index (χ2v) is 9.61. The van der Waals surface area contributed by atoms with Crippen LogP contribution in [0.3, 0.4) is 0 Å². The molecule has 1 aliphatic rings. The minimum absolute atomic E-state index is 0.101. The van der Waals surface area contributed by atoms with E-state index in [0.29, 0.717) is 42.8 Å². The number of rotatable bonds is 4. The number of sulfonamides is 1. The van der Waals surface area contributed by atoms with Crippen molar-refractivity contribution in [1.29, 1.82) is 0 Å². The van der Waals surface area contributed by atoms with E-state index in [1.165, 1.54) is 0 Å². The summed E-state index contributed by atoms with van der Waals surface area (Å²) in [5, 5.41) is 9.70. The van der Waals surface area contributed by atoms with Crippen LogP contribution in [0.2, 0.25) is 0 Å². The first kappa shape index (κ1) is 19.0. The quantitative estimate of drug-likeness (QED) is 0.494. The van der Waals surface area contributed by atoms with Crippen molar-refractivity contribution in [3.8, 4) is 11.6 Å². The van der Waals surface area contributed by atoms with Crippen LogP contribution in [0.5, 0.6) is 0 Å². The zero-order chi connectivity index (χ0) is 20.9. The highest BCUT2D eigenvalue weighted by atomic mass is 32.2. The van der Waals surface area contributed by atoms with E-state index >= 15 is 0 Å². The highest BCUT2D eigenvalue weighted by Gasteiger charge is 2.33. The van der Waals surface area contributed by atoms with Gasteiger partial charge in [0.25, 0.3) is 0 Å². The van der Waals surface area contributed by atoms with Gasteiger partial charge in [-0.1, -0.05) is 12.1 Å². The van der Waals surface area contributed by atoms with Crippen LogP contribution in [0.1, 0.15) is 13.8 Å². The normalized spacial score (nSPS) is 18.5. The van der Waals surface area contributed by atoms with Crippen molar-refractivity contribution in [2.45, 2.75) is 19.9 Å². The highest BCUT2D eigenvalue weighted by molar-refractivity contribution is 7.89. The van der Waals surface area contributed by atoms with Crippen LogP contribution in [-0.4, -0.2) is 63.7 Å². The minimum atomic E-state index is -3.25. The fraction of sp³-hybridized carbons (Fsp3) is 0.350. The van der Waals surface area contributed by atoms with Crippen molar-refractivity contribution in [1.82, 2.24) is 23.9 Å². The van der Waals surface area contributed by atoms with Crippen LogP contribution in [0.4, 0.5) is 5.95 Å². The Kier molecular flexibility index (Phi) is 4.48. The van der Waals surface area contributed by atoms with E-state index in [1.54, 1.807) is 23.6 Å². The van der Waals surface area contributed by atoms with E-state index in [9.17, 15) is 8.42 Å². The molecule has 3 aromatic heterocycles. The maximum atomic E-state index is 12.4. The lowest BCUT2D eigenvalue weighted by Gasteiger charge is -2.39. The van der Waals surface area contributed by atoms with Crippen LogP contribution in [-0.2, 0) is 10.0 Å². The van der Waals surface area contributed by atoms with Gasteiger partial charge in [-0.3, -0.25) is 0 Å². The fourth-order valence-corrected chi connectivity index (χ4v) is 5.35.